The van der Waals surface area contributed by atoms with Crippen LogP contribution < -0.4 is 4.74 Å². The molecule has 0 aliphatic rings. The van der Waals surface area contributed by atoms with Crippen LogP contribution in [0.4, 0.5) is 0 Å². The van der Waals surface area contributed by atoms with E-state index < -0.39 is 12.1 Å². The van der Waals surface area contributed by atoms with Crippen molar-refractivity contribution in [1.29, 1.82) is 0 Å². The Morgan fingerprint density at radius 1 is 0.853 bits per heavy atom. The lowest BCUT2D eigenvalue weighted by Gasteiger charge is -2.15. The molecule has 0 saturated heterocycles. The van der Waals surface area contributed by atoms with Gasteiger partial charge in [0.05, 0.1) is 12.7 Å². The van der Waals surface area contributed by atoms with Gasteiger partial charge >= 0.3 is 5.97 Å². The van der Waals surface area contributed by atoms with E-state index in [0.29, 0.717) is 16.7 Å². The van der Waals surface area contributed by atoms with Gasteiger partial charge in [0.25, 0.3) is 0 Å². The molecule has 4 aromatic rings. The molecular weight excluding hydrogens is 428 g/mol. The maximum atomic E-state index is 12.1. The molecule has 0 spiro atoms. The monoisotopic (exact) mass is 454 g/mol. The molecule has 0 saturated carbocycles. The number of ether oxygens (including phenoxy) is 2. The first-order valence-corrected chi connectivity index (χ1v) is 10.9. The van der Waals surface area contributed by atoms with Gasteiger partial charge in [-0.15, -0.1) is 0 Å². The van der Waals surface area contributed by atoms with Gasteiger partial charge in [0.15, 0.2) is 11.5 Å². The largest absolute Gasteiger partial charge is 0.504 e. The van der Waals surface area contributed by atoms with Gasteiger partial charge in [0.2, 0.25) is 0 Å². The van der Waals surface area contributed by atoms with Crippen LogP contribution in [0.2, 0.25) is 0 Å². The summed E-state index contributed by atoms with van der Waals surface area (Å²) in [7, 11) is 1.33. The molecule has 4 aromatic carbocycles. The number of esters is 1. The van der Waals surface area contributed by atoms with Gasteiger partial charge in [-0.1, -0.05) is 72.3 Å². The summed E-state index contributed by atoms with van der Waals surface area (Å²) in [4.78, 5) is 12.1. The minimum atomic E-state index is -0.871. The van der Waals surface area contributed by atoms with Gasteiger partial charge in [-0.25, -0.2) is 4.79 Å². The number of phenols is 1. The molecule has 0 bridgehead atoms. The highest BCUT2D eigenvalue weighted by atomic mass is 16.5. The zero-order chi connectivity index (χ0) is 24.1. The second kappa shape index (κ2) is 10.2. The van der Waals surface area contributed by atoms with Crippen molar-refractivity contribution in [3.63, 3.8) is 0 Å². The Labute approximate surface area is 198 Å². The molecule has 0 heterocycles. The zero-order valence-corrected chi connectivity index (χ0v) is 19.1. The van der Waals surface area contributed by atoms with E-state index >= 15 is 0 Å². The fraction of sp³-hybridized carbons (Fsp3) is 0.138. The van der Waals surface area contributed by atoms with Crippen LogP contribution >= 0.6 is 0 Å². The first-order chi connectivity index (χ1) is 16.5. The van der Waals surface area contributed by atoms with E-state index in [-0.39, 0.29) is 18.1 Å². The molecule has 5 heteroatoms. The van der Waals surface area contributed by atoms with E-state index in [0.717, 1.165) is 16.7 Å². The minimum absolute atomic E-state index is 0.0249. The zero-order valence-electron chi connectivity index (χ0n) is 19.1. The van der Waals surface area contributed by atoms with Gasteiger partial charge < -0.3 is 19.7 Å². The molecule has 0 fully saturated rings. The van der Waals surface area contributed by atoms with Gasteiger partial charge in [-0.05, 0) is 59.0 Å². The van der Waals surface area contributed by atoms with E-state index in [4.69, 9.17) is 9.47 Å². The molecule has 0 radical (unpaired) electrons. The van der Waals surface area contributed by atoms with E-state index in [1.165, 1.54) is 18.7 Å². The summed E-state index contributed by atoms with van der Waals surface area (Å²) >= 11 is 0. The summed E-state index contributed by atoms with van der Waals surface area (Å²) in [6.07, 6.45) is -0.871. The Morgan fingerprint density at radius 2 is 1.59 bits per heavy atom. The summed E-state index contributed by atoms with van der Waals surface area (Å²) in [5.74, 6) is -0.294. The summed E-state index contributed by atoms with van der Waals surface area (Å²) < 4.78 is 10.6. The summed E-state index contributed by atoms with van der Waals surface area (Å²) in [5, 5.41) is 21.2. The lowest BCUT2D eigenvalue weighted by atomic mass is 9.99. The van der Waals surface area contributed by atoms with Crippen molar-refractivity contribution in [2.24, 2.45) is 0 Å². The van der Waals surface area contributed by atoms with Crippen molar-refractivity contribution in [2.45, 2.75) is 13.0 Å². The van der Waals surface area contributed by atoms with Crippen LogP contribution in [-0.4, -0.2) is 29.9 Å². The van der Waals surface area contributed by atoms with Crippen molar-refractivity contribution in [2.75, 3.05) is 13.7 Å². The number of methoxy groups -OCH3 is 1. The molecule has 1 atom stereocenters. The molecule has 0 aliphatic carbocycles. The van der Waals surface area contributed by atoms with Crippen molar-refractivity contribution >= 4 is 5.97 Å². The van der Waals surface area contributed by atoms with E-state index in [2.05, 4.69) is 6.07 Å². The number of hydrogen-bond donors (Lipinski definition) is 2. The Morgan fingerprint density at radius 3 is 2.32 bits per heavy atom. The van der Waals surface area contributed by atoms with E-state index in [1.54, 1.807) is 30.3 Å². The van der Waals surface area contributed by atoms with E-state index in [1.807, 2.05) is 55.5 Å². The molecule has 172 valence electrons. The Kier molecular flexibility index (Phi) is 6.95. The first-order valence-electron chi connectivity index (χ1n) is 10.9. The molecule has 1 unspecified atom stereocenters. The highest BCUT2D eigenvalue weighted by Gasteiger charge is 2.15. The van der Waals surface area contributed by atoms with Gasteiger partial charge in [-0.3, -0.25) is 0 Å². The highest BCUT2D eigenvalue weighted by Crippen LogP contribution is 2.34. The Hall–Kier alpha value is -4.09. The molecule has 5 nitrogen and oxygen atoms in total. The van der Waals surface area contributed by atoms with Crippen LogP contribution in [0.25, 0.3) is 22.3 Å². The molecule has 0 aromatic heterocycles. The third-order valence-corrected chi connectivity index (χ3v) is 5.62. The maximum Gasteiger partial charge on any atom is 0.338 e. The number of aromatic hydroxyl groups is 1. The SMILES string of the molecule is COC(=O)c1ccccc1-c1ccc(OCC(O)c2cccc(-c3cccc(C)c3)c2)c(O)c1. The average Bonchev–Trinajstić information content (AvgIpc) is 2.87. The van der Waals surface area contributed by atoms with Gasteiger partial charge in [0.1, 0.15) is 12.7 Å². The summed E-state index contributed by atoms with van der Waals surface area (Å²) in [5.41, 5.74) is 5.68. The average molecular weight is 455 g/mol. The third kappa shape index (κ3) is 5.11. The molecule has 0 amide bonds. The number of aryl methyl sites for hydroxylation is 1. The number of aliphatic hydroxyl groups excluding tert-OH is 1. The van der Waals surface area contributed by atoms with Crippen LogP contribution in [0.5, 0.6) is 11.5 Å². The Balaban J connectivity index is 1.49. The van der Waals surface area contributed by atoms with Crippen molar-refractivity contribution in [1.82, 2.24) is 0 Å². The summed E-state index contributed by atoms with van der Waals surface area (Å²) in [6, 6.07) is 27.8. The number of carbonyl (C=O) groups excluding carboxylic acids is 1. The molecule has 4 rings (SSSR count). The topological polar surface area (TPSA) is 76.0 Å². The second-order valence-corrected chi connectivity index (χ2v) is 8.04. The molecular formula is C29H26O5. The van der Waals surface area contributed by atoms with Crippen LogP contribution in [0, 0.1) is 6.92 Å². The Bertz CT molecular complexity index is 1310. The number of carbonyl (C=O) groups is 1. The third-order valence-electron chi connectivity index (χ3n) is 5.62. The number of phenolic OH excluding ortho intramolecular Hbond substituents is 1. The van der Waals surface area contributed by atoms with Crippen LogP contribution in [0.1, 0.15) is 27.6 Å². The summed E-state index contributed by atoms with van der Waals surface area (Å²) in [6.45, 7) is 2.02. The number of rotatable bonds is 7. The smallest absolute Gasteiger partial charge is 0.338 e. The van der Waals surface area contributed by atoms with Crippen LogP contribution in [0.15, 0.2) is 91.0 Å². The van der Waals surface area contributed by atoms with Gasteiger partial charge in [-0.2, -0.15) is 0 Å². The standard InChI is InChI=1S/C29H26O5/c1-19-7-5-8-20(15-19)21-9-6-10-23(16-21)27(31)18-34-28-14-13-22(17-26(28)30)24-11-3-4-12-25(24)29(32)33-2/h3-17,27,30-31H,18H2,1-2H3. The number of hydrogen-bond acceptors (Lipinski definition) is 5. The predicted octanol–water partition coefficient (Wildman–Crippen LogP) is 5.93. The second-order valence-electron chi connectivity index (χ2n) is 8.04. The number of benzene rings is 4. The van der Waals surface area contributed by atoms with Crippen molar-refractivity contribution in [3.05, 3.63) is 108 Å². The molecule has 34 heavy (non-hydrogen) atoms. The fourth-order valence-electron chi connectivity index (χ4n) is 3.84. The van der Waals surface area contributed by atoms with Crippen LogP contribution in [0.3, 0.4) is 0 Å². The van der Waals surface area contributed by atoms with Gasteiger partial charge in [0, 0.05) is 0 Å². The minimum Gasteiger partial charge on any atom is -0.504 e. The quantitative estimate of drug-likeness (QED) is 0.338. The first kappa shape index (κ1) is 23.1. The predicted molar refractivity (Wildman–Crippen MR) is 132 cm³/mol. The van der Waals surface area contributed by atoms with Crippen molar-refractivity contribution < 1.29 is 24.5 Å². The lowest BCUT2D eigenvalue weighted by molar-refractivity contribution is 0.0601. The normalized spacial score (nSPS) is 11.6. The van der Waals surface area contributed by atoms with E-state index in [9.17, 15) is 15.0 Å². The van der Waals surface area contributed by atoms with Crippen molar-refractivity contribution in [3.8, 4) is 33.8 Å². The lowest BCUT2D eigenvalue weighted by Crippen LogP contribution is -2.10. The molecule has 0 aliphatic heterocycles. The highest BCUT2D eigenvalue weighted by molar-refractivity contribution is 5.97. The number of aliphatic hydroxyl groups is 1. The maximum absolute atomic E-state index is 12.1. The fourth-order valence-corrected chi connectivity index (χ4v) is 3.84. The molecule has 2 N–H and O–H groups in total. The van der Waals surface area contributed by atoms with Crippen LogP contribution in [-0.2, 0) is 4.74 Å².